The number of benzene rings is 1. The zero-order valence-corrected chi connectivity index (χ0v) is 11.0. The van der Waals surface area contributed by atoms with E-state index in [-0.39, 0.29) is 18.5 Å². The van der Waals surface area contributed by atoms with Crippen LogP contribution in [0.4, 0.5) is 23.2 Å². The van der Waals surface area contributed by atoms with Gasteiger partial charge in [0.2, 0.25) is 0 Å². The van der Waals surface area contributed by atoms with Crippen molar-refractivity contribution in [3.05, 3.63) is 29.6 Å². The summed E-state index contributed by atoms with van der Waals surface area (Å²) < 4.78 is 55.8. The van der Waals surface area contributed by atoms with Crippen LogP contribution in [0, 0.1) is 5.82 Å². The molecule has 22 heavy (non-hydrogen) atoms. The number of hydrogen-bond acceptors (Lipinski definition) is 3. The fourth-order valence-electron chi connectivity index (χ4n) is 2.05. The normalized spacial score (nSPS) is 21.6. The summed E-state index contributed by atoms with van der Waals surface area (Å²) in [4.78, 5) is 22.5. The molecule has 1 amide bonds. The Morgan fingerprint density at radius 1 is 1.23 bits per heavy atom. The Morgan fingerprint density at radius 3 is 2.41 bits per heavy atom. The van der Waals surface area contributed by atoms with Crippen LogP contribution in [0.5, 0.6) is 0 Å². The van der Waals surface area contributed by atoms with Gasteiger partial charge in [0.25, 0.3) is 5.91 Å². The topological polar surface area (TPSA) is 75.6 Å². The lowest BCUT2D eigenvalue weighted by Crippen LogP contribution is -2.30. The number of hydrogen-bond donors (Lipinski definition) is 2. The number of carboxylic acids is 1. The molecule has 2 rings (SSSR count). The molecular weight excluding hydrogens is 310 g/mol. The van der Waals surface area contributed by atoms with Crippen LogP contribution >= 0.6 is 0 Å². The van der Waals surface area contributed by atoms with Crippen LogP contribution in [0.3, 0.4) is 0 Å². The van der Waals surface area contributed by atoms with E-state index in [9.17, 15) is 27.2 Å². The lowest BCUT2D eigenvalue weighted by molar-refractivity contribution is -0.151. The minimum atomic E-state index is -4.89. The largest absolute Gasteiger partial charge is 0.479 e. The van der Waals surface area contributed by atoms with Crippen LogP contribution in [0.25, 0.3) is 0 Å². The van der Waals surface area contributed by atoms with Crippen LogP contribution < -0.4 is 5.32 Å². The molecule has 0 aromatic heterocycles. The molecule has 1 fully saturated rings. The second-order valence-electron chi connectivity index (χ2n) is 4.71. The molecule has 1 saturated heterocycles. The van der Waals surface area contributed by atoms with Gasteiger partial charge in [-0.1, -0.05) is 0 Å². The van der Waals surface area contributed by atoms with Crippen LogP contribution in [-0.4, -0.2) is 29.2 Å². The van der Waals surface area contributed by atoms with Crippen LogP contribution in [0.2, 0.25) is 0 Å². The monoisotopic (exact) mass is 321 g/mol. The Hall–Kier alpha value is -2.16. The summed E-state index contributed by atoms with van der Waals surface area (Å²) in [5, 5.41) is 10.9. The Labute approximate surface area is 121 Å². The van der Waals surface area contributed by atoms with Gasteiger partial charge < -0.3 is 15.2 Å². The number of carbonyl (C=O) groups excluding carboxylic acids is 1. The Morgan fingerprint density at radius 2 is 1.86 bits per heavy atom. The number of rotatable bonds is 3. The van der Waals surface area contributed by atoms with Crippen molar-refractivity contribution in [3.63, 3.8) is 0 Å². The molecule has 1 aliphatic heterocycles. The van der Waals surface area contributed by atoms with Crippen molar-refractivity contribution in [2.45, 2.75) is 31.2 Å². The molecule has 1 aliphatic rings. The number of halogens is 4. The maximum absolute atomic E-state index is 13.1. The molecule has 1 heterocycles. The van der Waals surface area contributed by atoms with Gasteiger partial charge in [0.1, 0.15) is 11.9 Å². The molecule has 0 bridgehead atoms. The molecule has 120 valence electrons. The van der Waals surface area contributed by atoms with Crippen molar-refractivity contribution in [1.82, 2.24) is 0 Å². The number of carbonyl (C=O) groups is 2. The highest BCUT2D eigenvalue weighted by Gasteiger charge is 2.36. The SMILES string of the molecule is O=C(Nc1ccc(F)c(C(F)(F)F)c1)[C@@H]1CC[C@H](C(=O)O)O1. The highest BCUT2D eigenvalue weighted by atomic mass is 19.4. The summed E-state index contributed by atoms with van der Waals surface area (Å²) in [5.74, 6) is -3.44. The summed E-state index contributed by atoms with van der Waals surface area (Å²) in [6.45, 7) is 0. The van der Waals surface area contributed by atoms with Gasteiger partial charge in [-0.25, -0.2) is 9.18 Å². The third kappa shape index (κ3) is 3.53. The molecule has 2 atom stereocenters. The lowest BCUT2D eigenvalue weighted by atomic mass is 10.1. The van der Waals surface area contributed by atoms with E-state index in [4.69, 9.17) is 9.84 Å². The first kappa shape index (κ1) is 16.2. The lowest BCUT2D eigenvalue weighted by Gasteiger charge is -2.14. The van der Waals surface area contributed by atoms with E-state index in [2.05, 4.69) is 5.32 Å². The van der Waals surface area contributed by atoms with Gasteiger partial charge in [-0.2, -0.15) is 13.2 Å². The molecule has 0 aliphatic carbocycles. The Balaban J connectivity index is 2.08. The highest BCUT2D eigenvalue weighted by molar-refractivity contribution is 5.94. The molecule has 0 radical (unpaired) electrons. The summed E-state index contributed by atoms with van der Waals surface area (Å²) >= 11 is 0. The molecule has 0 unspecified atom stereocenters. The average molecular weight is 321 g/mol. The number of aliphatic carboxylic acids is 1. The van der Waals surface area contributed by atoms with Gasteiger partial charge in [-0.15, -0.1) is 0 Å². The summed E-state index contributed by atoms with van der Waals surface area (Å²) in [7, 11) is 0. The minimum Gasteiger partial charge on any atom is -0.479 e. The van der Waals surface area contributed by atoms with Crippen molar-refractivity contribution in [1.29, 1.82) is 0 Å². The number of alkyl halides is 3. The predicted molar refractivity (Wildman–Crippen MR) is 65.6 cm³/mol. The molecular formula is C13H11F4NO4. The number of amides is 1. The molecule has 0 saturated carbocycles. The first-order valence-corrected chi connectivity index (χ1v) is 6.24. The van der Waals surface area contributed by atoms with E-state index in [0.717, 1.165) is 6.07 Å². The smallest absolute Gasteiger partial charge is 0.419 e. The van der Waals surface area contributed by atoms with E-state index in [1.807, 2.05) is 0 Å². The predicted octanol–water partition coefficient (Wildman–Crippen LogP) is 2.42. The Kier molecular flexibility index (Phi) is 4.36. The summed E-state index contributed by atoms with van der Waals surface area (Å²) in [6.07, 6.45) is -6.81. The second-order valence-corrected chi connectivity index (χ2v) is 4.71. The minimum absolute atomic E-state index is 0.130. The van der Waals surface area contributed by atoms with E-state index < -0.39 is 41.6 Å². The molecule has 0 spiro atoms. The average Bonchev–Trinajstić information content (AvgIpc) is 2.89. The van der Waals surface area contributed by atoms with Crippen molar-refractivity contribution >= 4 is 17.6 Å². The highest BCUT2D eigenvalue weighted by Crippen LogP contribution is 2.33. The zero-order chi connectivity index (χ0) is 16.5. The maximum Gasteiger partial charge on any atom is 0.419 e. The summed E-state index contributed by atoms with van der Waals surface area (Å²) in [6, 6.07) is 2.04. The van der Waals surface area contributed by atoms with Crippen molar-refractivity contribution < 1.29 is 37.0 Å². The van der Waals surface area contributed by atoms with Gasteiger partial charge in [0, 0.05) is 5.69 Å². The maximum atomic E-state index is 13.1. The molecule has 9 heteroatoms. The zero-order valence-electron chi connectivity index (χ0n) is 11.0. The van der Waals surface area contributed by atoms with Crippen LogP contribution in [0.1, 0.15) is 18.4 Å². The fourth-order valence-corrected chi connectivity index (χ4v) is 2.05. The molecule has 2 N–H and O–H groups in total. The third-order valence-electron chi connectivity index (χ3n) is 3.13. The van der Waals surface area contributed by atoms with E-state index >= 15 is 0 Å². The summed E-state index contributed by atoms with van der Waals surface area (Å²) in [5.41, 5.74) is -1.75. The van der Waals surface area contributed by atoms with Gasteiger partial charge in [-0.3, -0.25) is 4.79 Å². The van der Waals surface area contributed by atoms with Gasteiger partial charge in [0.15, 0.2) is 6.10 Å². The molecule has 1 aromatic carbocycles. The van der Waals surface area contributed by atoms with E-state index in [0.29, 0.717) is 12.1 Å². The van der Waals surface area contributed by atoms with Crippen LogP contribution in [-0.2, 0) is 20.5 Å². The molecule has 1 aromatic rings. The number of nitrogens with one attached hydrogen (secondary N) is 1. The standard InChI is InChI=1S/C13H11F4NO4/c14-8-2-1-6(5-7(8)13(15,16)17)18-11(19)9-3-4-10(22-9)12(20)21/h1-2,5,9-10H,3-4H2,(H,18,19)(H,20,21)/t9-,10+/m0/s1. The number of ether oxygens (including phenoxy) is 1. The third-order valence-corrected chi connectivity index (χ3v) is 3.13. The van der Waals surface area contributed by atoms with Crippen LogP contribution in [0.15, 0.2) is 18.2 Å². The first-order valence-electron chi connectivity index (χ1n) is 6.24. The van der Waals surface area contributed by atoms with Crippen molar-refractivity contribution in [2.75, 3.05) is 5.32 Å². The van der Waals surface area contributed by atoms with Crippen molar-refractivity contribution in [3.8, 4) is 0 Å². The number of anilines is 1. The van der Waals surface area contributed by atoms with Crippen molar-refractivity contribution in [2.24, 2.45) is 0 Å². The van der Waals surface area contributed by atoms with Gasteiger partial charge >= 0.3 is 12.1 Å². The Bertz CT molecular complexity index is 602. The van der Waals surface area contributed by atoms with Gasteiger partial charge in [-0.05, 0) is 31.0 Å². The van der Waals surface area contributed by atoms with E-state index in [1.54, 1.807) is 0 Å². The molecule has 5 nitrogen and oxygen atoms in total. The number of carboxylic acid groups (broad SMARTS) is 1. The van der Waals surface area contributed by atoms with Gasteiger partial charge in [0.05, 0.1) is 5.56 Å². The first-order chi connectivity index (χ1) is 10.2. The second kappa shape index (κ2) is 5.91. The van der Waals surface area contributed by atoms with E-state index in [1.165, 1.54) is 0 Å². The fraction of sp³-hybridized carbons (Fsp3) is 0.385. The quantitative estimate of drug-likeness (QED) is 0.838.